The maximum absolute atomic E-state index is 12.5. The molecule has 0 aromatic heterocycles. The zero-order chi connectivity index (χ0) is 18.8. The summed E-state index contributed by atoms with van der Waals surface area (Å²) in [4.78, 5) is 23.9. The minimum atomic E-state index is -0.254. The van der Waals surface area contributed by atoms with Gasteiger partial charge in [0.2, 0.25) is 5.91 Å². The van der Waals surface area contributed by atoms with Crippen LogP contribution in [-0.4, -0.2) is 38.7 Å². The molecule has 138 valence electrons. The molecule has 2 aromatic rings. The summed E-state index contributed by atoms with van der Waals surface area (Å²) in [6.45, 7) is 3.40. The predicted octanol–water partition coefficient (Wildman–Crippen LogP) is 2.64. The zero-order valence-corrected chi connectivity index (χ0v) is 15.1. The first-order chi connectivity index (χ1) is 12.6. The van der Waals surface area contributed by atoms with E-state index in [1.54, 1.807) is 37.4 Å². The molecule has 0 aliphatic carbocycles. The Kier molecular flexibility index (Phi) is 7.64. The highest BCUT2D eigenvalue weighted by Crippen LogP contribution is 2.20. The number of amides is 2. The molecule has 6 nitrogen and oxygen atoms in total. The Morgan fingerprint density at radius 3 is 2.42 bits per heavy atom. The Bertz CT molecular complexity index is 729. The van der Waals surface area contributed by atoms with E-state index in [-0.39, 0.29) is 11.8 Å². The number of carbonyl (C=O) groups excluding carboxylic acids is 2. The summed E-state index contributed by atoms with van der Waals surface area (Å²) in [5.41, 5.74) is 1.99. The van der Waals surface area contributed by atoms with Gasteiger partial charge in [0.05, 0.1) is 18.6 Å². The molecular formula is C20H24N2O4. The summed E-state index contributed by atoms with van der Waals surface area (Å²) < 4.78 is 10.9. The van der Waals surface area contributed by atoms with Crippen molar-refractivity contribution in [3.8, 4) is 5.75 Å². The number of likely N-dealkylation sites (N-methyl/N-ethyl adjacent to an activating group) is 1. The Morgan fingerprint density at radius 2 is 1.73 bits per heavy atom. The standard InChI is InChI=1S/C20H24N2O4/c1-3-25-12-13-26-18-7-5-4-6-17(18)20(24)22-16-10-8-15(9-11-16)14-19(23)21-2/h4-11H,3,12-14H2,1-2H3,(H,21,23)(H,22,24). The highest BCUT2D eigenvalue weighted by atomic mass is 16.5. The second-order valence-electron chi connectivity index (χ2n) is 5.54. The van der Waals surface area contributed by atoms with Crippen LogP contribution in [0.4, 0.5) is 5.69 Å². The van der Waals surface area contributed by atoms with Crippen molar-refractivity contribution in [1.29, 1.82) is 0 Å². The van der Waals surface area contributed by atoms with Crippen LogP contribution in [0.15, 0.2) is 48.5 Å². The molecule has 2 aromatic carbocycles. The highest BCUT2D eigenvalue weighted by molar-refractivity contribution is 6.06. The van der Waals surface area contributed by atoms with Crippen molar-refractivity contribution in [1.82, 2.24) is 5.32 Å². The molecule has 0 fully saturated rings. The van der Waals surface area contributed by atoms with E-state index >= 15 is 0 Å². The summed E-state index contributed by atoms with van der Waals surface area (Å²) >= 11 is 0. The third-order valence-electron chi connectivity index (χ3n) is 3.68. The fourth-order valence-electron chi connectivity index (χ4n) is 2.31. The second-order valence-corrected chi connectivity index (χ2v) is 5.54. The quantitative estimate of drug-likeness (QED) is 0.677. The fraction of sp³-hybridized carbons (Fsp3) is 0.300. The van der Waals surface area contributed by atoms with Crippen molar-refractivity contribution < 1.29 is 19.1 Å². The molecule has 6 heteroatoms. The highest BCUT2D eigenvalue weighted by Gasteiger charge is 2.12. The lowest BCUT2D eigenvalue weighted by atomic mass is 10.1. The third kappa shape index (κ3) is 5.89. The average Bonchev–Trinajstić information content (AvgIpc) is 2.67. The molecule has 0 saturated heterocycles. The van der Waals surface area contributed by atoms with E-state index < -0.39 is 0 Å². The molecule has 2 rings (SSSR count). The lowest BCUT2D eigenvalue weighted by molar-refractivity contribution is -0.119. The number of benzene rings is 2. The van der Waals surface area contributed by atoms with Crippen LogP contribution in [0.5, 0.6) is 5.75 Å². The number of para-hydroxylation sites is 1. The Labute approximate surface area is 153 Å². The van der Waals surface area contributed by atoms with Gasteiger partial charge in [0.1, 0.15) is 12.4 Å². The molecule has 0 atom stereocenters. The Balaban J connectivity index is 2.00. The molecule has 0 aliphatic heterocycles. The van der Waals surface area contributed by atoms with E-state index in [0.29, 0.717) is 43.2 Å². The third-order valence-corrected chi connectivity index (χ3v) is 3.68. The van der Waals surface area contributed by atoms with Gasteiger partial charge < -0.3 is 20.1 Å². The van der Waals surface area contributed by atoms with Crippen molar-refractivity contribution in [2.24, 2.45) is 0 Å². The maximum Gasteiger partial charge on any atom is 0.259 e. The smallest absolute Gasteiger partial charge is 0.259 e. The van der Waals surface area contributed by atoms with Gasteiger partial charge >= 0.3 is 0 Å². The van der Waals surface area contributed by atoms with Crippen LogP contribution in [0.3, 0.4) is 0 Å². The molecule has 26 heavy (non-hydrogen) atoms. The topological polar surface area (TPSA) is 76.7 Å². The number of nitrogens with one attached hydrogen (secondary N) is 2. The monoisotopic (exact) mass is 356 g/mol. The largest absolute Gasteiger partial charge is 0.490 e. The summed E-state index contributed by atoms with van der Waals surface area (Å²) in [5, 5.41) is 5.43. The number of ether oxygens (including phenoxy) is 2. The average molecular weight is 356 g/mol. The van der Waals surface area contributed by atoms with Crippen LogP contribution in [0, 0.1) is 0 Å². The van der Waals surface area contributed by atoms with E-state index in [4.69, 9.17) is 9.47 Å². The zero-order valence-electron chi connectivity index (χ0n) is 15.1. The number of hydrogen-bond acceptors (Lipinski definition) is 4. The van der Waals surface area contributed by atoms with Crippen LogP contribution in [0.2, 0.25) is 0 Å². The lowest BCUT2D eigenvalue weighted by Crippen LogP contribution is -2.20. The van der Waals surface area contributed by atoms with Gasteiger partial charge in [-0.25, -0.2) is 0 Å². The maximum atomic E-state index is 12.5. The van der Waals surface area contributed by atoms with E-state index in [2.05, 4.69) is 10.6 Å². The fourth-order valence-corrected chi connectivity index (χ4v) is 2.31. The van der Waals surface area contributed by atoms with Gasteiger partial charge in [-0.05, 0) is 36.8 Å². The van der Waals surface area contributed by atoms with Crippen molar-refractivity contribution >= 4 is 17.5 Å². The van der Waals surface area contributed by atoms with Gasteiger partial charge in [0.15, 0.2) is 0 Å². The van der Waals surface area contributed by atoms with Crippen LogP contribution in [0.25, 0.3) is 0 Å². The molecule has 2 amide bonds. The summed E-state index contributed by atoms with van der Waals surface area (Å²) in [7, 11) is 1.60. The first kappa shape index (κ1) is 19.5. The predicted molar refractivity (Wildman–Crippen MR) is 101 cm³/mol. The lowest BCUT2D eigenvalue weighted by Gasteiger charge is -2.12. The van der Waals surface area contributed by atoms with Gasteiger partial charge in [-0.15, -0.1) is 0 Å². The van der Waals surface area contributed by atoms with Crippen LogP contribution in [-0.2, 0) is 16.0 Å². The number of rotatable bonds is 9. The summed E-state index contributed by atoms with van der Waals surface area (Å²) in [6, 6.07) is 14.3. The van der Waals surface area contributed by atoms with Gasteiger partial charge in [-0.1, -0.05) is 24.3 Å². The molecule has 0 bridgehead atoms. The van der Waals surface area contributed by atoms with Gasteiger partial charge in [0, 0.05) is 19.3 Å². The van der Waals surface area contributed by atoms with Crippen LogP contribution >= 0.6 is 0 Å². The molecule has 0 heterocycles. The number of carbonyl (C=O) groups is 2. The second kappa shape index (κ2) is 10.2. The Morgan fingerprint density at radius 1 is 1.00 bits per heavy atom. The van der Waals surface area contributed by atoms with E-state index in [0.717, 1.165) is 5.56 Å². The molecule has 0 spiro atoms. The van der Waals surface area contributed by atoms with E-state index in [9.17, 15) is 9.59 Å². The minimum Gasteiger partial charge on any atom is -0.490 e. The van der Waals surface area contributed by atoms with Gasteiger partial charge in [-0.3, -0.25) is 9.59 Å². The van der Waals surface area contributed by atoms with Crippen LogP contribution in [0.1, 0.15) is 22.8 Å². The molecule has 0 saturated carbocycles. The molecule has 0 aliphatic rings. The van der Waals surface area contributed by atoms with Crippen LogP contribution < -0.4 is 15.4 Å². The molecule has 2 N–H and O–H groups in total. The van der Waals surface area contributed by atoms with E-state index in [1.165, 1.54) is 0 Å². The molecule has 0 unspecified atom stereocenters. The normalized spacial score (nSPS) is 10.2. The number of hydrogen-bond donors (Lipinski definition) is 2. The summed E-state index contributed by atoms with van der Waals surface area (Å²) in [5.74, 6) is 0.205. The minimum absolute atomic E-state index is 0.0556. The first-order valence-electron chi connectivity index (χ1n) is 8.54. The van der Waals surface area contributed by atoms with Gasteiger partial charge in [-0.2, -0.15) is 0 Å². The first-order valence-corrected chi connectivity index (χ1v) is 8.54. The number of anilines is 1. The molecule has 0 radical (unpaired) electrons. The van der Waals surface area contributed by atoms with Crippen molar-refractivity contribution in [3.05, 3.63) is 59.7 Å². The van der Waals surface area contributed by atoms with Crippen molar-refractivity contribution in [2.75, 3.05) is 32.2 Å². The SMILES string of the molecule is CCOCCOc1ccccc1C(=O)Nc1ccc(CC(=O)NC)cc1. The van der Waals surface area contributed by atoms with Crippen molar-refractivity contribution in [2.45, 2.75) is 13.3 Å². The molecular weight excluding hydrogens is 332 g/mol. The van der Waals surface area contributed by atoms with E-state index in [1.807, 2.05) is 25.1 Å². The Hall–Kier alpha value is -2.86. The summed E-state index contributed by atoms with van der Waals surface area (Å²) in [6.07, 6.45) is 0.307. The van der Waals surface area contributed by atoms with Crippen molar-refractivity contribution in [3.63, 3.8) is 0 Å². The van der Waals surface area contributed by atoms with Gasteiger partial charge in [0.25, 0.3) is 5.91 Å².